The van der Waals surface area contributed by atoms with Crippen LogP contribution in [0.5, 0.6) is 0 Å². The van der Waals surface area contributed by atoms with Crippen LogP contribution in [0, 0.1) is 0 Å². The van der Waals surface area contributed by atoms with Crippen LogP contribution in [-0.4, -0.2) is 9.38 Å². The van der Waals surface area contributed by atoms with Gasteiger partial charge in [-0.05, 0) is 12.1 Å². The fourth-order valence-corrected chi connectivity index (χ4v) is 1.28. The van der Waals surface area contributed by atoms with Crippen LogP contribution in [0.1, 0.15) is 5.69 Å². The number of anilines is 1. The molecule has 3 nitrogen and oxygen atoms in total. The molecule has 2 rings (SSSR count). The lowest BCUT2D eigenvalue weighted by Gasteiger charge is -1.94. The molecular weight excluding hydrogens is 174 g/mol. The Morgan fingerprint density at radius 1 is 1.58 bits per heavy atom. The van der Waals surface area contributed by atoms with Crippen LogP contribution < -0.4 is 5.73 Å². The Morgan fingerprint density at radius 2 is 2.42 bits per heavy atom. The van der Waals surface area contributed by atoms with Crippen molar-refractivity contribution in [1.29, 1.82) is 0 Å². The molecule has 0 amide bonds. The van der Waals surface area contributed by atoms with Crippen LogP contribution in [0.15, 0.2) is 24.5 Å². The molecule has 0 fully saturated rings. The zero-order valence-electron chi connectivity index (χ0n) is 6.37. The monoisotopic (exact) mass is 181 g/mol. The number of nitrogens with zero attached hydrogens (tertiary/aromatic N) is 2. The van der Waals surface area contributed by atoms with Crippen molar-refractivity contribution in [2.45, 2.75) is 5.88 Å². The molecule has 4 heteroatoms. The molecule has 0 bridgehead atoms. The molecule has 2 aromatic heterocycles. The van der Waals surface area contributed by atoms with Crippen LogP contribution in [0.2, 0.25) is 0 Å². The van der Waals surface area contributed by atoms with E-state index in [1.165, 1.54) is 0 Å². The van der Waals surface area contributed by atoms with E-state index in [4.69, 9.17) is 17.3 Å². The zero-order chi connectivity index (χ0) is 8.55. The summed E-state index contributed by atoms with van der Waals surface area (Å²) >= 11 is 5.63. The predicted octanol–water partition coefficient (Wildman–Crippen LogP) is 1.66. The number of hydrogen-bond acceptors (Lipinski definition) is 2. The fourth-order valence-electron chi connectivity index (χ4n) is 1.15. The molecule has 0 aliphatic rings. The summed E-state index contributed by atoms with van der Waals surface area (Å²) in [5, 5.41) is 0. The summed E-state index contributed by atoms with van der Waals surface area (Å²) in [4.78, 5) is 4.24. The summed E-state index contributed by atoms with van der Waals surface area (Å²) in [6.07, 6.45) is 3.77. The molecule has 0 atom stereocenters. The fraction of sp³-hybridized carbons (Fsp3) is 0.125. The number of halogens is 1. The number of hydrogen-bond donors (Lipinski definition) is 1. The SMILES string of the molecule is Nc1cccn2cc(CCl)nc12. The van der Waals surface area contributed by atoms with Crippen LogP contribution in [0.25, 0.3) is 5.65 Å². The molecular formula is C8H8ClN3. The Morgan fingerprint density at radius 3 is 3.08 bits per heavy atom. The van der Waals surface area contributed by atoms with Crippen LogP contribution >= 0.6 is 11.6 Å². The molecule has 12 heavy (non-hydrogen) atoms. The van der Waals surface area contributed by atoms with Gasteiger partial charge in [0.2, 0.25) is 0 Å². The summed E-state index contributed by atoms with van der Waals surface area (Å²) in [6, 6.07) is 3.70. The van der Waals surface area contributed by atoms with Gasteiger partial charge in [0.05, 0.1) is 17.3 Å². The Labute approximate surface area is 74.8 Å². The molecule has 62 valence electrons. The first-order chi connectivity index (χ1) is 5.81. The van der Waals surface area contributed by atoms with E-state index in [0.717, 1.165) is 11.3 Å². The predicted molar refractivity (Wildman–Crippen MR) is 49.2 cm³/mol. The summed E-state index contributed by atoms with van der Waals surface area (Å²) in [6.45, 7) is 0. The molecule has 2 heterocycles. The number of imidazole rings is 1. The summed E-state index contributed by atoms with van der Waals surface area (Å²) in [7, 11) is 0. The first-order valence-electron chi connectivity index (χ1n) is 3.59. The number of fused-ring (bicyclic) bond motifs is 1. The highest BCUT2D eigenvalue weighted by atomic mass is 35.5. The van der Waals surface area contributed by atoms with E-state index >= 15 is 0 Å². The van der Waals surface area contributed by atoms with Gasteiger partial charge in [-0.25, -0.2) is 4.98 Å². The third-order valence-electron chi connectivity index (χ3n) is 1.70. The maximum Gasteiger partial charge on any atom is 0.160 e. The van der Waals surface area contributed by atoms with E-state index < -0.39 is 0 Å². The third kappa shape index (κ3) is 1.02. The Kier molecular flexibility index (Phi) is 1.66. The van der Waals surface area contributed by atoms with Crippen molar-refractivity contribution in [1.82, 2.24) is 9.38 Å². The van der Waals surface area contributed by atoms with Gasteiger partial charge < -0.3 is 10.1 Å². The quantitative estimate of drug-likeness (QED) is 0.680. The second-order valence-corrected chi connectivity index (χ2v) is 2.83. The normalized spacial score (nSPS) is 10.8. The average molecular weight is 182 g/mol. The summed E-state index contributed by atoms with van der Waals surface area (Å²) in [5.41, 5.74) is 7.99. The third-order valence-corrected chi connectivity index (χ3v) is 1.97. The van der Waals surface area contributed by atoms with Gasteiger partial charge >= 0.3 is 0 Å². The van der Waals surface area contributed by atoms with Gasteiger partial charge in [-0.15, -0.1) is 11.6 Å². The lowest BCUT2D eigenvalue weighted by molar-refractivity contribution is 1.18. The van der Waals surface area contributed by atoms with E-state index in [-0.39, 0.29) is 0 Å². The van der Waals surface area contributed by atoms with Crippen molar-refractivity contribution in [3.05, 3.63) is 30.2 Å². The Bertz CT molecular complexity index is 408. The summed E-state index contributed by atoms with van der Waals surface area (Å²) in [5.74, 6) is 0.418. The highest BCUT2D eigenvalue weighted by Gasteiger charge is 2.01. The molecule has 2 aromatic rings. The molecule has 0 saturated carbocycles. The highest BCUT2D eigenvalue weighted by Crippen LogP contribution is 2.13. The standard InChI is InChI=1S/C8H8ClN3/c9-4-6-5-12-3-1-2-7(10)8(12)11-6/h1-3,5H,4,10H2. The number of nitrogen functional groups attached to an aromatic ring is 1. The molecule has 0 radical (unpaired) electrons. The molecule has 0 spiro atoms. The lowest BCUT2D eigenvalue weighted by Crippen LogP contribution is -1.90. The van der Waals surface area contributed by atoms with Crippen molar-refractivity contribution >= 4 is 22.9 Å². The van der Waals surface area contributed by atoms with Crippen molar-refractivity contribution in [3.63, 3.8) is 0 Å². The smallest absolute Gasteiger partial charge is 0.160 e. The van der Waals surface area contributed by atoms with E-state index in [9.17, 15) is 0 Å². The second-order valence-electron chi connectivity index (χ2n) is 2.56. The van der Waals surface area contributed by atoms with E-state index in [0.29, 0.717) is 11.6 Å². The van der Waals surface area contributed by atoms with E-state index in [1.807, 2.05) is 28.9 Å². The number of aromatic nitrogens is 2. The molecule has 2 N–H and O–H groups in total. The first-order valence-corrected chi connectivity index (χ1v) is 4.13. The number of nitrogens with two attached hydrogens (primary N) is 1. The molecule has 0 aliphatic heterocycles. The van der Waals surface area contributed by atoms with Gasteiger partial charge in [-0.2, -0.15) is 0 Å². The van der Waals surface area contributed by atoms with Crippen molar-refractivity contribution in [3.8, 4) is 0 Å². The van der Waals surface area contributed by atoms with Crippen molar-refractivity contribution in [2.24, 2.45) is 0 Å². The first kappa shape index (κ1) is 7.43. The van der Waals surface area contributed by atoms with Gasteiger partial charge in [0, 0.05) is 12.4 Å². The molecule has 0 aliphatic carbocycles. The van der Waals surface area contributed by atoms with E-state index in [2.05, 4.69) is 4.98 Å². The van der Waals surface area contributed by atoms with Crippen LogP contribution in [-0.2, 0) is 5.88 Å². The van der Waals surface area contributed by atoms with Gasteiger partial charge in [0.25, 0.3) is 0 Å². The maximum absolute atomic E-state index is 5.70. The summed E-state index contributed by atoms with van der Waals surface area (Å²) < 4.78 is 1.87. The minimum atomic E-state index is 0.418. The van der Waals surface area contributed by atoms with Gasteiger partial charge in [0.1, 0.15) is 0 Å². The number of pyridine rings is 1. The van der Waals surface area contributed by atoms with Gasteiger partial charge in [-0.3, -0.25) is 0 Å². The molecule has 0 aromatic carbocycles. The molecule has 0 saturated heterocycles. The lowest BCUT2D eigenvalue weighted by atomic mass is 10.4. The van der Waals surface area contributed by atoms with Crippen LogP contribution in [0.4, 0.5) is 5.69 Å². The van der Waals surface area contributed by atoms with Crippen molar-refractivity contribution < 1.29 is 0 Å². The highest BCUT2D eigenvalue weighted by molar-refractivity contribution is 6.16. The second kappa shape index (κ2) is 2.68. The van der Waals surface area contributed by atoms with Crippen LogP contribution in [0.3, 0.4) is 0 Å². The van der Waals surface area contributed by atoms with E-state index in [1.54, 1.807) is 0 Å². The average Bonchev–Trinajstić information content (AvgIpc) is 2.49. The Balaban J connectivity index is 2.74. The number of rotatable bonds is 1. The minimum absolute atomic E-state index is 0.418. The van der Waals surface area contributed by atoms with Crippen molar-refractivity contribution in [2.75, 3.05) is 5.73 Å². The minimum Gasteiger partial charge on any atom is -0.396 e. The van der Waals surface area contributed by atoms with Gasteiger partial charge in [-0.1, -0.05) is 0 Å². The number of alkyl halides is 1. The Hall–Kier alpha value is -1.22. The zero-order valence-corrected chi connectivity index (χ0v) is 7.12. The van der Waals surface area contributed by atoms with Gasteiger partial charge in [0.15, 0.2) is 5.65 Å². The topological polar surface area (TPSA) is 43.3 Å². The molecule has 0 unspecified atom stereocenters. The maximum atomic E-state index is 5.70. The largest absolute Gasteiger partial charge is 0.396 e.